The molecule has 2 aliphatic rings. The second-order valence-corrected chi connectivity index (χ2v) is 6.62. The molecule has 1 fully saturated rings. The van der Waals surface area contributed by atoms with Crippen molar-refractivity contribution in [1.82, 2.24) is 9.88 Å². The van der Waals surface area contributed by atoms with E-state index < -0.39 is 0 Å². The Kier molecular flexibility index (Phi) is 3.47. The van der Waals surface area contributed by atoms with E-state index in [9.17, 15) is 5.11 Å². The summed E-state index contributed by atoms with van der Waals surface area (Å²) >= 11 is 0. The van der Waals surface area contributed by atoms with Gasteiger partial charge >= 0.3 is 0 Å². The molecule has 0 saturated carbocycles. The van der Waals surface area contributed by atoms with E-state index in [0.29, 0.717) is 12.4 Å². The number of aliphatic hydroxyl groups is 1. The number of aliphatic hydroxyl groups excluding tert-OH is 1. The summed E-state index contributed by atoms with van der Waals surface area (Å²) in [6.45, 7) is 3.14. The summed E-state index contributed by atoms with van der Waals surface area (Å²) in [6.07, 6.45) is 1.71. The number of hydrogen-bond acceptors (Lipinski definition) is 5. The van der Waals surface area contributed by atoms with Crippen molar-refractivity contribution < 1.29 is 9.84 Å². The first kappa shape index (κ1) is 14.5. The lowest BCUT2D eigenvalue weighted by atomic mass is 9.74. The van der Waals surface area contributed by atoms with Crippen molar-refractivity contribution in [3.8, 4) is 5.75 Å². The van der Waals surface area contributed by atoms with Crippen molar-refractivity contribution in [2.75, 3.05) is 32.0 Å². The summed E-state index contributed by atoms with van der Waals surface area (Å²) in [5.41, 5.74) is 7.98. The Morgan fingerprint density at radius 3 is 3.00 bits per heavy atom. The van der Waals surface area contributed by atoms with Gasteiger partial charge in [0.15, 0.2) is 0 Å². The van der Waals surface area contributed by atoms with Gasteiger partial charge < -0.3 is 15.6 Å². The van der Waals surface area contributed by atoms with E-state index in [1.54, 1.807) is 6.20 Å². The molecule has 5 heteroatoms. The van der Waals surface area contributed by atoms with Crippen molar-refractivity contribution in [3.05, 3.63) is 53.7 Å². The van der Waals surface area contributed by atoms with Crippen LogP contribution in [0.2, 0.25) is 0 Å². The van der Waals surface area contributed by atoms with Crippen LogP contribution in [0.3, 0.4) is 0 Å². The average Bonchev–Trinajstić information content (AvgIpc) is 2.96. The zero-order valence-electron chi connectivity index (χ0n) is 13.0. The topological polar surface area (TPSA) is 71.6 Å². The zero-order chi connectivity index (χ0) is 15.9. The van der Waals surface area contributed by atoms with E-state index in [1.165, 1.54) is 5.56 Å². The summed E-state index contributed by atoms with van der Waals surface area (Å²) in [5.74, 6) is 1.82. The number of anilines is 1. The maximum absolute atomic E-state index is 10.1. The number of rotatable bonds is 3. The Balaban J connectivity index is 1.62. The zero-order valence-corrected chi connectivity index (χ0v) is 13.0. The largest absolute Gasteiger partial charge is 0.493 e. The number of pyridine rings is 1. The van der Waals surface area contributed by atoms with Crippen LogP contribution < -0.4 is 10.5 Å². The molecule has 0 radical (unpaired) electrons. The number of para-hydroxylation sites is 1. The van der Waals surface area contributed by atoms with Gasteiger partial charge in [0.2, 0.25) is 0 Å². The van der Waals surface area contributed by atoms with Gasteiger partial charge in [-0.3, -0.25) is 4.90 Å². The van der Waals surface area contributed by atoms with Crippen LogP contribution >= 0.6 is 0 Å². The Labute approximate surface area is 135 Å². The summed E-state index contributed by atoms with van der Waals surface area (Å²) < 4.78 is 5.93. The third kappa shape index (κ3) is 2.36. The van der Waals surface area contributed by atoms with E-state index in [2.05, 4.69) is 16.0 Å². The van der Waals surface area contributed by atoms with Gasteiger partial charge in [-0.1, -0.05) is 24.3 Å². The van der Waals surface area contributed by atoms with Crippen LogP contribution in [0.25, 0.3) is 0 Å². The van der Waals surface area contributed by atoms with Crippen LogP contribution in [0.1, 0.15) is 17.0 Å². The molecule has 3 N–H and O–H groups in total. The molecule has 1 aromatic heterocycles. The molecule has 1 saturated heterocycles. The maximum atomic E-state index is 10.1. The van der Waals surface area contributed by atoms with Crippen LogP contribution in [0.5, 0.6) is 5.75 Å². The highest BCUT2D eigenvalue weighted by atomic mass is 16.5. The Hall–Kier alpha value is -2.11. The molecule has 120 valence electrons. The van der Waals surface area contributed by atoms with Gasteiger partial charge in [0.25, 0.3) is 0 Å². The third-order valence-electron chi connectivity index (χ3n) is 5.16. The first-order chi connectivity index (χ1) is 11.2. The maximum Gasteiger partial charge on any atom is 0.127 e. The molecule has 0 amide bonds. The van der Waals surface area contributed by atoms with Crippen LogP contribution in [-0.2, 0) is 6.54 Å². The van der Waals surface area contributed by atoms with Crippen LogP contribution in [0.15, 0.2) is 42.6 Å². The second-order valence-electron chi connectivity index (χ2n) is 6.62. The molecule has 4 rings (SSSR count). The van der Waals surface area contributed by atoms with Crippen molar-refractivity contribution in [2.24, 2.45) is 5.41 Å². The molecule has 5 nitrogen and oxygen atoms in total. The number of aromatic nitrogens is 1. The third-order valence-corrected chi connectivity index (χ3v) is 5.16. The molecule has 0 spiro atoms. The molecule has 2 aliphatic heterocycles. The van der Waals surface area contributed by atoms with Gasteiger partial charge in [0.05, 0.1) is 13.2 Å². The van der Waals surface area contributed by atoms with E-state index in [4.69, 9.17) is 10.5 Å². The molecule has 23 heavy (non-hydrogen) atoms. The number of nitrogen functional groups attached to an aromatic ring is 1. The summed E-state index contributed by atoms with van der Waals surface area (Å²) in [4.78, 5) is 6.51. The molecule has 2 aromatic rings. The van der Waals surface area contributed by atoms with Crippen molar-refractivity contribution in [3.63, 3.8) is 0 Å². The molecule has 0 bridgehead atoms. The minimum absolute atomic E-state index is 0.130. The van der Waals surface area contributed by atoms with Gasteiger partial charge in [0.1, 0.15) is 11.6 Å². The van der Waals surface area contributed by atoms with Gasteiger partial charge in [-0.2, -0.15) is 0 Å². The molecule has 0 unspecified atom stereocenters. The van der Waals surface area contributed by atoms with Crippen LogP contribution in [0.4, 0.5) is 5.82 Å². The smallest absolute Gasteiger partial charge is 0.127 e. The van der Waals surface area contributed by atoms with Gasteiger partial charge in [-0.25, -0.2) is 4.98 Å². The van der Waals surface area contributed by atoms with Crippen molar-refractivity contribution in [2.45, 2.75) is 12.5 Å². The van der Waals surface area contributed by atoms with Gasteiger partial charge in [-0.05, 0) is 17.7 Å². The molecule has 0 aliphatic carbocycles. The van der Waals surface area contributed by atoms with E-state index in [0.717, 1.165) is 30.9 Å². The van der Waals surface area contributed by atoms with E-state index in [-0.39, 0.29) is 17.9 Å². The number of ether oxygens (including phenoxy) is 1. The number of likely N-dealkylation sites (tertiary alicyclic amines) is 1. The Morgan fingerprint density at radius 2 is 2.17 bits per heavy atom. The number of benzene rings is 1. The Bertz CT molecular complexity index is 721. The average molecular weight is 311 g/mol. The highest BCUT2D eigenvalue weighted by Crippen LogP contribution is 2.49. The van der Waals surface area contributed by atoms with Gasteiger partial charge in [0, 0.05) is 42.7 Å². The first-order valence-corrected chi connectivity index (χ1v) is 7.96. The lowest BCUT2D eigenvalue weighted by Gasteiger charge is -2.38. The summed E-state index contributed by atoms with van der Waals surface area (Å²) in [6, 6.07) is 12.1. The quantitative estimate of drug-likeness (QED) is 0.901. The fraction of sp³-hybridized carbons (Fsp3) is 0.389. The minimum atomic E-state index is -0.231. The van der Waals surface area contributed by atoms with Crippen LogP contribution in [-0.4, -0.2) is 41.3 Å². The summed E-state index contributed by atoms with van der Waals surface area (Å²) in [5, 5.41) is 10.1. The second kappa shape index (κ2) is 5.51. The van der Waals surface area contributed by atoms with Gasteiger partial charge in [-0.15, -0.1) is 0 Å². The monoisotopic (exact) mass is 311 g/mol. The number of nitrogens with zero attached hydrogens (tertiary/aromatic N) is 2. The predicted octanol–water partition coefficient (Wildman–Crippen LogP) is 1.63. The normalized spacial score (nSPS) is 26.4. The first-order valence-electron chi connectivity index (χ1n) is 7.96. The van der Waals surface area contributed by atoms with E-state index >= 15 is 0 Å². The molecular weight excluding hydrogens is 290 g/mol. The number of fused-ring (bicyclic) bond motifs is 3. The van der Waals surface area contributed by atoms with Crippen molar-refractivity contribution in [1.29, 1.82) is 0 Å². The fourth-order valence-electron chi connectivity index (χ4n) is 3.92. The molecular formula is C18H21N3O2. The standard InChI is InChI=1S/C18H21N3O2/c19-17-13(4-3-7-20-17)8-21-9-15-14-5-1-2-6-16(14)23-12-18(15,10-21)11-22/h1-7,15,22H,8-12H2,(H2,19,20)/t15-,18-/m1/s1. The molecule has 3 heterocycles. The Morgan fingerprint density at radius 1 is 1.30 bits per heavy atom. The molecule has 1 aromatic carbocycles. The van der Waals surface area contributed by atoms with Crippen LogP contribution in [0, 0.1) is 5.41 Å². The fourth-order valence-corrected chi connectivity index (χ4v) is 3.92. The lowest BCUT2D eigenvalue weighted by molar-refractivity contribution is 0.0457. The van der Waals surface area contributed by atoms with Crippen molar-refractivity contribution >= 4 is 5.82 Å². The highest BCUT2D eigenvalue weighted by molar-refractivity contribution is 5.42. The van der Waals surface area contributed by atoms with E-state index in [1.807, 2.05) is 30.3 Å². The molecule has 2 atom stereocenters. The number of hydrogen-bond donors (Lipinski definition) is 2. The highest BCUT2D eigenvalue weighted by Gasteiger charge is 2.50. The minimum Gasteiger partial charge on any atom is -0.493 e. The lowest BCUT2D eigenvalue weighted by Crippen LogP contribution is -2.42. The SMILES string of the molecule is Nc1ncccc1CN1C[C@@H]2c3ccccc3OC[C@]2(CO)C1. The predicted molar refractivity (Wildman–Crippen MR) is 88.1 cm³/mol. The number of nitrogens with two attached hydrogens (primary N) is 1. The summed E-state index contributed by atoms with van der Waals surface area (Å²) in [7, 11) is 0.